The van der Waals surface area contributed by atoms with Gasteiger partial charge in [-0.05, 0) is 37.3 Å². The number of amides is 1. The fourth-order valence-corrected chi connectivity index (χ4v) is 2.60. The normalized spacial score (nSPS) is 14.3. The average molecular weight is 294 g/mol. The average Bonchev–Trinajstić information content (AvgIpc) is 3.10. The van der Waals surface area contributed by atoms with Gasteiger partial charge in [0.15, 0.2) is 5.69 Å². The van der Waals surface area contributed by atoms with Gasteiger partial charge in [-0.25, -0.2) is 5.43 Å². The number of nitrogens with zero attached hydrogens (tertiary/aromatic N) is 2. The quantitative estimate of drug-likeness (QED) is 0.672. The molecule has 1 aromatic carbocycles. The summed E-state index contributed by atoms with van der Waals surface area (Å²) in [6.45, 7) is 1.94. The number of benzene rings is 1. The van der Waals surface area contributed by atoms with Crippen molar-refractivity contribution >= 4 is 18.2 Å². The Bertz CT molecular complexity index is 728. The molecule has 0 saturated heterocycles. The van der Waals surface area contributed by atoms with Crippen molar-refractivity contribution in [1.82, 2.24) is 15.6 Å². The first-order chi connectivity index (χ1) is 10.7. The molecule has 1 aromatic heterocycles. The number of hydrogen-bond donors (Lipinski definition) is 2. The van der Waals surface area contributed by atoms with E-state index in [1.165, 1.54) is 0 Å². The van der Waals surface area contributed by atoms with Gasteiger partial charge in [0.05, 0.1) is 6.21 Å². The van der Waals surface area contributed by atoms with E-state index >= 15 is 0 Å². The number of carbonyl (C=O) groups is 1. The summed E-state index contributed by atoms with van der Waals surface area (Å²) in [4.78, 5) is 12.1. The van der Waals surface area contributed by atoms with Gasteiger partial charge in [0.25, 0.3) is 5.91 Å². The zero-order chi connectivity index (χ0) is 15.4. The van der Waals surface area contributed by atoms with Crippen LogP contribution in [0.25, 0.3) is 6.08 Å². The molecule has 3 rings (SSSR count). The molecule has 0 aliphatic heterocycles. The maximum Gasteiger partial charge on any atom is 0.292 e. The largest absolute Gasteiger partial charge is 0.292 e. The molecule has 0 radical (unpaired) electrons. The van der Waals surface area contributed by atoms with Crippen LogP contribution >= 0.6 is 0 Å². The summed E-state index contributed by atoms with van der Waals surface area (Å²) in [5.41, 5.74) is 7.17. The van der Waals surface area contributed by atoms with Gasteiger partial charge >= 0.3 is 0 Å². The van der Waals surface area contributed by atoms with Gasteiger partial charge in [-0.1, -0.05) is 36.4 Å². The number of H-pyrrole nitrogens is 1. The van der Waals surface area contributed by atoms with Crippen LogP contribution < -0.4 is 5.43 Å². The Kier molecular flexibility index (Phi) is 4.14. The van der Waals surface area contributed by atoms with Gasteiger partial charge in [-0.2, -0.15) is 10.2 Å². The lowest BCUT2D eigenvalue weighted by Crippen LogP contribution is -2.19. The molecule has 0 spiro atoms. The molecule has 5 heteroatoms. The number of allylic oxidation sites excluding steroid dienone is 1. The standard InChI is InChI=1S/C17H18N4O/c1-12(10-13-6-3-2-4-7-13)11-18-21-17(22)16-14-8-5-9-15(14)19-20-16/h2-4,6-7,10-11H,5,8-9H2,1H3,(H,19,20)(H,21,22)/b12-10+,18-11+. The second kappa shape index (κ2) is 6.39. The minimum atomic E-state index is -0.261. The monoisotopic (exact) mass is 294 g/mol. The van der Waals surface area contributed by atoms with E-state index in [-0.39, 0.29) is 5.91 Å². The molecule has 0 saturated carbocycles. The van der Waals surface area contributed by atoms with E-state index in [0.717, 1.165) is 41.7 Å². The van der Waals surface area contributed by atoms with Crippen molar-refractivity contribution in [2.24, 2.45) is 5.10 Å². The number of hydrazone groups is 1. The molecular weight excluding hydrogens is 276 g/mol. The fourth-order valence-electron chi connectivity index (χ4n) is 2.60. The van der Waals surface area contributed by atoms with Crippen LogP contribution in [0, 0.1) is 0 Å². The van der Waals surface area contributed by atoms with Gasteiger partial charge < -0.3 is 0 Å². The third-order valence-electron chi connectivity index (χ3n) is 3.65. The Morgan fingerprint density at radius 3 is 2.95 bits per heavy atom. The Hall–Kier alpha value is -2.69. The van der Waals surface area contributed by atoms with Crippen LogP contribution in [0.15, 0.2) is 41.0 Å². The highest BCUT2D eigenvalue weighted by Gasteiger charge is 2.22. The Morgan fingerprint density at radius 2 is 2.14 bits per heavy atom. The van der Waals surface area contributed by atoms with Crippen molar-refractivity contribution in [2.45, 2.75) is 26.2 Å². The lowest BCUT2D eigenvalue weighted by molar-refractivity contribution is 0.0949. The molecule has 2 aromatic rings. The SMILES string of the molecule is CC(/C=N/NC(=O)c1n[nH]c2c1CCC2)=C\c1ccccc1. The molecule has 0 fully saturated rings. The van der Waals surface area contributed by atoms with Crippen molar-refractivity contribution in [1.29, 1.82) is 0 Å². The number of nitrogens with one attached hydrogen (secondary N) is 2. The van der Waals surface area contributed by atoms with Crippen LogP contribution in [0.3, 0.4) is 0 Å². The maximum atomic E-state index is 12.1. The van der Waals surface area contributed by atoms with Gasteiger partial charge in [0.1, 0.15) is 0 Å². The predicted molar refractivity (Wildman–Crippen MR) is 86.7 cm³/mol. The molecule has 0 bridgehead atoms. The summed E-state index contributed by atoms with van der Waals surface area (Å²) in [5, 5.41) is 11.0. The van der Waals surface area contributed by atoms with Crippen LogP contribution in [0.4, 0.5) is 0 Å². The molecule has 1 aliphatic carbocycles. The first kappa shape index (κ1) is 14.3. The first-order valence-corrected chi connectivity index (χ1v) is 7.37. The number of rotatable bonds is 4. The molecule has 2 N–H and O–H groups in total. The lowest BCUT2D eigenvalue weighted by atomic mass is 10.1. The van der Waals surface area contributed by atoms with E-state index in [4.69, 9.17) is 0 Å². The molecule has 0 atom stereocenters. The van der Waals surface area contributed by atoms with Crippen molar-refractivity contribution in [3.63, 3.8) is 0 Å². The van der Waals surface area contributed by atoms with Gasteiger partial charge in [-0.15, -0.1) is 0 Å². The minimum Gasteiger partial charge on any atom is -0.281 e. The second-order valence-electron chi connectivity index (χ2n) is 5.38. The number of aromatic nitrogens is 2. The van der Waals surface area contributed by atoms with E-state index in [1.807, 2.05) is 43.3 Å². The van der Waals surface area contributed by atoms with E-state index in [2.05, 4.69) is 20.7 Å². The predicted octanol–water partition coefficient (Wildman–Crippen LogP) is 2.72. The van der Waals surface area contributed by atoms with E-state index in [0.29, 0.717) is 5.69 Å². The summed E-state index contributed by atoms with van der Waals surface area (Å²) in [6, 6.07) is 9.97. The fraction of sp³-hybridized carbons (Fsp3) is 0.235. The molecule has 5 nitrogen and oxygen atoms in total. The van der Waals surface area contributed by atoms with Crippen molar-refractivity contribution in [3.05, 3.63) is 58.4 Å². The number of fused-ring (bicyclic) bond motifs is 1. The molecular formula is C17H18N4O. The summed E-state index contributed by atoms with van der Waals surface area (Å²) in [5.74, 6) is -0.261. The highest BCUT2D eigenvalue weighted by Crippen LogP contribution is 2.22. The number of aryl methyl sites for hydroxylation is 1. The van der Waals surface area contributed by atoms with Gasteiger partial charge in [0.2, 0.25) is 0 Å². The van der Waals surface area contributed by atoms with Gasteiger partial charge in [0, 0.05) is 11.3 Å². The maximum absolute atomic E-state index is 12.1. The van der Waals surface area contributed by atoms with E-state index in [9.17, 15) is 4.79 Å². The topological polar surface area (TPSA) is 70.1 Å². The summed E-state index contributed by atoms with van der Waals surface area (Å²) >= 11 is 0. The van der Waals surface area contributed by atoms with Crippen LogP contribution in [-0.4, -0.2) is 22.3 Å². The third-order valence-corrected chi connectivity index (χ3v) is 3.65. The van der Waals surface area contributed by atoms with Crippen LogP contribution in [0.2, 0.25) is 0 Å². The molecule has 1 aliphatic rings. The zero-order valence-electron chi connectivity index (χ0n) is 12.5. The Morgan fingerprint density at radius 1 is 1.32 bits per heavy atom. The third kappa shape index (κ3) is 3.14. The summed E-state index contributed by atoms with van der Waals surface area (Å²) < 4.78 is 0. The lowest BCUT2D eigenvalue weighted by Gasteiger charge is -1.98. The molecule has 1 amide bonds. The number of hydrogen-bond acceptors (Lipinski definition) is 3. The summed E-state index contributed by atoms with van der Waals surface area (Å²) in [6.07, 6.45) is 6.59. The van der Waals surface area contributed by atoms with E-state index in [1.54, 1.807) is 6.21 Å². The molecule has 1 heterocycles. The van der Waals surface area contributed by atoms with Crippen molar-refractivity contribution in [3.8, 4) is 0 Å². The van der Waals surface area contributed by atoms with Crippen molar-refractivity contribution in [2.75, 3.05) is 0 Å². The first-order valence-electron chi connectivity index (χ1n) is 7.37. The van der Waals surface area contributed by atoms with Crippen molar-refractivity contribution < 1.29 is 4.79 Å². The van der Waals surface area contributed by atoms with Gasteiger partial charge in [-0.3, -0.25) is 9.89 Å². The zero-order valence-corrected chi connectivity index (χ0v) is 12.5. The second-order valence-corrected chi connectivity index (χ2v) is 5.38. The van der Waals surface area contributed by atoms with E-state index < -0.39 is 0 Å². The summed E-state index contributed by atoms with van der Waals surface area (Å²) in [7, 11) is 0. The highest BCUT2D eigenvalue weighted by molar-refractivity contribution is 5.95. The molecule has 0 unspecified atom stereocenters. The highest BCUT2D eigenvalue weighted by atomic mass is 16.2. The van der Waals surface area contributed by atoms with Crippen LogP contribution in [-0.2, 0) is 12.8 Å². The molecule has 112 valence electrons. The Labute approximate surface area is 129 Å². The number of aromatic amines is 1. The smallest absolute Gasteiger partial charge is 0.281 e. The molecule has 22 heavy (non-hydrogen) atoms. The van der Waals surface area contributed by atoms with Crippen LogP contribution in [0.5, 0.6) is 0 Å². The Balaban J connectivity index is 1.62. The minimum absolute atomic E-state index is 0.261. The van der Waals surface area contributed by atoms with Crippen LogP contribution in [0.1, 0.15) is 40.7 Å². The number of carbonyl (C=O) groups excluding carboxylic acids is 1.